The Bertz CT molecular complexity index is 577. The molecule has 18 heavy (non-hydrogen) atoms. The molecule has 1 aromatic carbocycles. The Hall–Kier alpha value is -1.77. The first kappa shape index (κ1) is 10.2. The number of piperidine rings is 1. The zero-order chi connectivity index (χ0) is 12.1. The molecule has 2 fully saturated rings. The van der Waals surface area contributed by atoms with Crippen LogP contribution >= 0.6 is 0 Å². The Kier molecular flexibility index (Phi) is 2.04. The second-order valence-corrected chi connectivity index (χ2v) is 5.61. The fourth-order valence-corrected chi connectivity index (χ4v) is 3.06. The second kappa shape index (κ2) is 3.61. The van der Waals surface area contributed by atoms with Crippen LogP contribution in [0.25, 0.3) is 11.1 Å². The second-order valence-electron chi connectivity index (χ2n) is 5.61. The molecule has 1 aliphatic heterocycles. The van der Waals surface area contributed by atoms with E-state index in [4.69, 9.17) is 0 Å². The van der Waals surface area contributed by atoms with Crippen LogP contribution in [0.3, 0.4) is 0 Å². The largest absolute Gasteiger partial charge is 0.371 e. The average molecular weight is 239 g/mol. The molecule has 3 heteroatoms. The average Bonchev–Trinajstić information content (AvgIpc) is 2.82. The predicted molar refractivity (Wildman–Crippen MR) is 72.5 cm³/mol. The number of nitrogens with zero attached hydrogens (tertiary/aromatic N) is 3. The van der Waals surface area contributed by atoms with Crippen molar-refractivity contribution in [2.75, 3.05) is 18.0 Å². The van der Waals surface area contributed by atoms with Gasteiger partial charge in [0, 0.05) is 37.6 Å². The molecule has 2 aromatic rings. The highest BCUT2D eigenvalue weighted by Crippen LogP contribution is 2.46. The molecule has 92 valence electrons. The van der Waals surface area contributed by atoms with Gasteiger partial charge in [0.25, 0.3) is 0 Å². The molecule has 1 aliphatic carbocycles. The molecule has 1 aromatic heterocycles. The van der Waals surface area contributed by atoms with Crippen molar-refractivity contribution in [3.05, 3.63) is 36.7 Å². The lowest BCUT2D eigenvalue weighted by Gasteiger charge is -2.20. The highest BCUT2D eigenvalue weighted by Gasteiger charge is 2.45. The quantitative estimate of drug-likeness (QED) is 0.803. The van der Waals surface area contributed by atoms with Crippen molar-refractivity contribution in [1.29, 1.82) is 0 Å². The maximum atomic E-state index is 4.24. The minimum absolute atomic E-state index is 0.979. The lowest BCUT2D eigenvalue weighted by molar-refractivity contribution is 0.768. The number of fused-ring (bicyclic) bond motifs is 1. The first-order chi connectivity index (χ1) is 8.79. The summed E-state index contributed by atoms with van der Waals surface area (Å²) in [5, 5.41) is 4.24. The molecule has 0 spiro atoms. The summed E-state index contributed by atoms with van der Waals surface area (Å²) in [4.78, 5) is 2.53. The van der Waals surface area contributed by atoms with Gasteiger partial charge in [0.05, 0.1) is 6.20 Å². The highest BCUT2D eigenvalue weighted by molar-refractivity contribution is 5.67. The number of rotatable bonds is 2. The summed E-state index contributed by atoms with van der Waals surface area (Å²) in [5.41, 5.74) is 3.83. The third kappa shape index (κ3) is 1.62. The van der Waals surface area contributed by atoms with Gasteiger partial charge in [0.2, 0.25) is 0 Å². The molecular formula is C15H17N3. The van der Waals surface area contributed by atoms with Gasteiger partial charge in [-0.1, -0.05) is 12.1 Å². The third-order valence-corrected chi connectivity index (χ3v) is 4.23. The Balaban J connectivity index is 1.65. The van der Waals surface area contributed by atoms with Gasteiger partial charge >= 0.3 is 0 Å². The van der Waals surface area contributed by atoms with E-state index in [1.54, 1.807) is 0 Å². The highest BCUT2D eigenvalue weighted by atomic mass is 15.2. The van der Waals surface area contributed by atoms with Crippen molar-refractivity contribution in [2.45, 2.75) is 6.42 Å². The van der Waals surface area contributed by atoms with Gasteiger partial charge in [0.1, 0.15) is 0 Å². The molecule has 3 nitrogen and oxygen atoms in total. The summed E-state index contributed by atoms with van der Waals surface area (Å²) in [6, 6.07) is 8.84. The van der Waals surface area contributed by atoms with Crippen molar-refractivity contribution in [2.24, 2.45) is 18.9 Å². The fourth-order valence-electron chi connectivity index (χ4n) is 3.06. The zero-order valence-corrected chi connectivity index (χ0v) is 10.6. The number of hydrogen-bond donors (Lipinski definition) is 0. The van der Waals surface area contributed by atoms with E-state index in [9.17, 15) is 0 Å². The van der Waals surface area contributed by atoms with E-state index < -0.39 is 0 Å². The van der Waals surface area contributed by atoms with Crippen LogP contribution < -0.4 is 4.90 Å². The van der Waals surface area contributed by atoms with Gasteiger partial charge in [-0.2, -0.15) is 5.10 Å². The summed E-state index contributed by atoms with van der Waals surface area (Å²) >= 11 is 0. The van der Waals surface area contributed by atoms with Crippen molar-refractivity contribution in [3.63, 3.8) is 0 Å². The van der Waals surface area contributed by atoms with E-state index in [0.29, 0.717) is 0 Å². The number of aromatic nitrogens is 2. The van der Waals surface area contributed by atoms with E-state index in [1.165, 1.54) is 36.3 Å². The smallest absolute Gasteiger partial charge is 0.0568 e. The van der Waals surface area contributed by atoms with Crippen LogP contribution in [0.1, 0.15) is 6.42 Å². The Morgan fingerprint density at radius 2 is 2.00 bits per heavy atom. The first-order valence-electron chi connectivity index (χ1n) is 6.63. The van der Waals surface area contributed by atoms with Crippen molar-refractivity contribution < 1.29 is 0 Å². The number of hydrogen-bond acceptors (Lipinski definition) is 2. The SMILES string of the molecule is Cn1cc(-c2cccc(N3CC4CC4C3)c2)cn1. The minimum Gasteiger partial charge on any atom is -0.371 e. The molecular weight excluding hydrogens is 222 g/mol. The van der Waals surface area contributed by atoms with Crippen molar-refractivity contribution in [3.8, 4) is 11.1 Å². The molecule has 1 saturated heterocycles. The Morgan fingerprint density at radius 1 is 1.17 bits per heavy atom. The molecule has 0 amide bonds. The van der Waals surface area contributed by atoms with Gasteiger partial charge in [-0.25, -0.2) is 0 Å². The molecule has 0 N–H and O–H groups in total. The van der Waals surface area contributed by atoms with E-state index in [-0.39, 0.29) is 0 Å². The summed E-state index contributed by atoms with van der Waals surface area (Å²) < 4.78 is 1.85. The predicted octanol–water partition coefficient (Wildman–Crippen LogP) is 2.54. The molecule has 0 radical (unpaired) electrons. The molecule has 2 heterocycles. The minimum atomic E-state index is 0.979. The summed E-state index contributed by atoms with van der Waals surface area (Å²) in [7, 11) is 1.96. The summed E-state index contributed by atoms with van der Waals surface area (Å²) in [6.45, 7) is 2.50. The lowest BCUT2D eigenvalue weighted by atomic mass is 10.1. The van der Waals surface area contributed by atoms with Gasteiger partial charge < -0.3 is 4.90 Å². The Morgan fingerprint density at radius 3 is 2.72 bits per heavy atom. The summed E-state index contributed by atoms with van der Waals surface area (Å²) in [6.07, 6.45) is 5.46. The van der Waals surface area contributed by atoms with Gasteiger partial charge in [-0.3, -0.25) is 4.68 Å². The van der Waals surface area contributed by atoms with E-state index >= 15 is 0 Å². The maximum Gasteiger partial charge on any atom is 0.0568 e. The summed E-state index contributed by atoms with van der Waals surface area (Å²) in [5.74, 6) is 1.96. The maximum absolute atomic E-state index is 4.24. The van der Waals surface area contributed by atoms with Crippen LogP contribution in [0, 0.1) is 11.8 Å². The third-order valence-electron chi connectivity index (χ3n) is 4.23. The number of benzene rings is 1. The van der Waals surface area contributed by atoms with Gasteiger partial charge in [-0.15, -0.1) is 0 Å². The fraction of sp³-hybridized carbons (Fsp3) is 0.400. The lowest BCUT2D eigenvalue weighted by Crippen LogP contribution is -2.21. The normalized spacial score (nSPS) is 25.3. The van der Waals surface area contributed by atoms with Crippen LogP contribution in [-0.4, -0.2) is 22.9 Å². The molecule has 2 unspecified atom stereocenters. The molecule has 4 rings (SSSR count). The molecule has 2 aliphatic rings. The van der Waals surface area contributed by atoms with Crippen molar-refractivity contribution >= 4 is 5.69 Å². The van der Waals surface area contributed by atoms with Crippen LogP contribution in [-0.2, 0) is 7.05 Å². The number of aryl methyl sites for hydroxylation is 1. The van der Waals surface area contributed by atoms with Gasteiger partial charge in [-0.05, 0) is 36.0 Å². The van der Waals surface area contributed by atoms with E-state index in [2.05, 4.69) is 40.5 Å². The first-order valence-corrected chi connectivity index (χ1v) is 6.63. The zero-order valence-electron chi connectivity index (χ0n) is 10.6. The molecule has 0 bridgehead atoms. The van der Waals surface area contributed by atoms with Gasteiger partial charge in [0.15, 0.2) is 0 Å². The topological polar surface area (TPSA) is 21.1 Å². The monoisotopic (exact) mass is 239 g/mol. The van der Waals surface area contributed by atoms with Crippen LogP contribution in [0.15, 0.2) is 36.7 Å². The van der Waals surface area contributed by atoms with Crippen LogP contribution in [0.2, 0.25) is 0 Å². The standard InChI is InChI=1S/C15H17N3/c1-17-8-14(7-16-17)11-3-2-4-15(6-11)18-9-12-5-13(12)10-18/h2-4,6-8,12-13H,5,9-10H2,1H3. The van der Waals surface area contributed by atoms with E-state index in [0.717, 1.165) is 11.8 Å². The molecule has 2 atom stereocenters. The Labute approximate surface area is 107 Å². The number of anilines is 1. The van der Waals surface area contributed by atoms with E-state index in [1.807, 2.05) is 17.9 Å². The van der Waals surface area contributed by atoms with Crippen LogP contribution in [0.4, 0.5) is 5.69 Å². The van der Waals surface area contributed by atoms with Crippen LogP contribution in [0.5, 0.6) is 0 Å². The van der Waals surface area contributed by atoms with Crippen molar-refractivity contribution in [1.82, 2.24) is 9.78 Å². The molecule has 1 saturated carbocycles.